The molecule has 2 aromatic rings. The molecule has 0 radical (unpaired) electrons. The van der Waals surface area contributed by atoms with Gasteiger partial charge >= 0.3 is 0 Å². The van der Waals surface area contributed by atoms with Crippen LogP contribution in [0.5, 0.6) is 0 Å². The summed E-state index contributed by atoms with van der Waals surface area (Å²) in [5, 5.41) is 2.94. The van der Waals surface area contributed by atoms with E-state index in [0.29, 0.717) is 17.5 Å². The van der Waals surface area contributed by atoms with Gasteiger partial charge < -0.3 is 10.2 Å². The van der Waals surface area contributed by atoms with E-state index in [-0.39, 0.29) is 17.8 Å². The number of rotatable bonds is 11. The molecule has 4 nitrogen and oxygen atoms in total. The number of hydrogen-bond donors (Lipinski definition) is 1. The van der Waals surface area contributed by atoms with E-state index < -0.39 is 22.3 Å². The highest BCUT2D eigenvalue weighted by atomic mass is 32.2. The molecule has 7 heteroatoms. The van der Waals surface area contributed by atoms with Crippen LogP contribution in [0.15, 0.2) is 41.3 Å². The number of ketones is 1. The maximum absolute atomic E-state index is 14.1. The number of anilines is 2. The number of carbonyl (C=O) groups excluding carboxylic acids is 2. The Kier molecular flexibility index (Phi) is 9.68. The third-order valence-electron chi connectivity index (χ3n) is 5.34. The average Bonchev–Trinajstić information content (AvgIpc) is 2.68. The van der Waals surface area contributed by atoms with Gasteiger partial charge in [0, 0.05) is 24.1 Å². The lowest BCUT2D eigenvalue weighted by Gasteiger charge is -2.31. The van der Waals surface area contributed by atoms with Crippen LogP contribution in [0, 0.1) is 23.5 Å². The highest BCUT2D eigenvalue weighted by Crippen LogP contribution is 2.38. The fraction of sp³-hybridized carbons (Fsp3) is 0.481. The fourth-order valence-corrected chi connectivity index (χ4v) is 4.55. The van der Waals surface area contributed by atoms with E-state index in [1.54, 1.807) is 6.92 Å². The Hall–Kier alpha value is -2.41. The Balaban J connectivity index is 2.42. The van der Waals surface area contributed by atoms with E-state index in [4.69, 9.17) is 0 Å². The first kappa shape index (κ1) is 27.8. The van der Waals surface area contributed by atoms with Gasteiger partial charge in [-0.2, -0.15) is 0 Å². The zero-order chi connectivity index (χ0) is 25.6. The van der Waals surface area contributed by atoms with Crippen LogP contribution in [0.2, 0.25) is 0 Å². The zero-order valence-corrected chi connectivity index (χ0v) is 22.0. The molecular formula is C27H36F2N2O2S. The van der Waals surface area contributed by atoms with Gasteiger partial charge in [0.05, 0.1) is 22.5 Å². The number of amides is 1. The number of Topliss-reactive ketones (excluding diaryl/α,β-unsaturated/α-hetero) is 1. The number of nitrogens with one attached hydrogen (secondary N) is 1. The molecule has 0 aliphatic carbocycles. The zero-order valence-electron chi connectivity index (χ0n) is 21.2. The second-order valence-corrected chi connectivity index (χ2v) is 11.7. The molecule has 0 aliphatic heterocycles. The van der Waals surface area contributed by atoms with Gasteiger partial charge in [-0.25, -0.2) is 8.78 Å². The van der Waals surface area contributed by atoms with Crippen LogP contribution in [0.3, 0.4) is 0 Å². The molecule has 34 heavy (non-hydrogen) atoms. The van der Waals surface area contributed by atoms with Crippen molar-refractivity contribution < 1.29 is 18.4 Å². The standard InChI is InChI=1S/C27H36F2N2O2S/c1-17(2)15-31(16-18(3)4)25-11-10-22(34-27(6,7)19(5)32)14-24(25)30-26(33)12-20-8-9-21(28)13-23(20)29/h8-11,13-14,17-18H,12,15-16H2,1-7H3,(H,30,33). The first-order valence-corrected chi connectivity index (χ1v) is 12.4. The first-order valence-electron chi connectivity index (χ1n) is 11.6. The Morgan fingerprint density at radius 3 is 2.15 bits per heavy atom. The molecule has 1 amide bonds. The highest BCUT2D eigenvalue weighted by molar-refractivity contribution is 8.01. The second kappa shape index (κ2) is 11.8. The molecule has 2 rings (SSSR count). The van der Waals surface area contributed by atoms with Crippen molar-refractivity contribution in [2.45, 2.75) is 64.5 Å². The molecule has 1 N–H and O–H groups in total. The minimum absolute atomic E-state index is 0.0557. The molecule has 0 aliphatic rings. The number of hydrogen-bond acceptors (Lipinski definition) is 4. The Morgan fingerprint density at radius 2 is 1.62 bits per heavy atom. The van der Waals surface area contributed by atoms with Crippen molar-refractivity contribution in [2.24, 2.45) is 11.8 Å². The van der Waals surface area contributed by atoms with Crippen molar-refractivity contribution in [3.63, 3.8) is 0 Å². The predicted molar refractivity (Wildman–Crippen MR) is 138 cm³/mol. The van der Waals surface area contributed by atoms with E-state index in [2.05, 4.69) is 37.9 Å². The van der Waals surface area contributed by atoms with Crippen LogP contribution < -0.4 is 10.2 Å². The van der Waals surface area contributed by atoms with Crippen molar-refractivity contribution in [2.75, 3.05) is 23.3 Å². The van der Waals surface area contributed by atoms with Gasteiger partial charge in [0.25, 0.3) is 0 Å². The summed E-state index contributed by atoms with van der Waals surface area (Å²) in [7, 11) is 0. The lowest BCUT2D eigenvalue weighted by Crippen LogP contribution is -2.32. The topological polar surface area (TPSA) is 49.4 Å². The summed E-state index contributed by atoms with van der Waals surface area (Å²) in [6, 6.07) is 9.02. The predicted octanol–water partition coefficient (Wildman–Crippen LogP) is 6.72. The van der Waals surface area contributed by atoms with Crippen molar-refractivity contribution in [1.29, 1.82) is 0 Å². The van der Waals surface area contributed by atoms with Gasteiger partial charge in [-0.1, -0.05) is 33.8 Å². The Bertz CT molecular complexity index is 1010. The van der Waals surface area contributed by atoms with Gasteiger partial charge in [0.2, 0.25) is 5.91 Å². The molecule has 0 aromatic heterocycles. The molecule has 0 saturated heterocycles. The van der Waals surface area contributed by atoms with Crippen molar-refractivity contribution in [3.05, 3.63) is 53.6 Å². The quantitative estimate of drug-likeness (QED) is 0.355. The third kappa shape index (κ3) is 8.12. The minimum Gasteiger partial charge on any atom is -0.369 e. The second-order valence-electron chi connectivity index (χ2n) is 10.0. The highest BCUT2D eigenvalue weighted by Gasteiger charge is 2.26. The third-order valence-corrected chi connectivity index (χ3v) is 6.63. The van der Waals surface area contributed by atoms with E-state index in [0.717, 1.165) is 35.8 Å². The summed E-state index contributed by atoms with van der Waals surface area (Å²) in [4.78, 5) is 28.0. The van der Waals surface area contributed by atoms with Crippen LogP contribution in [0.1, 0.15) is 54.0 Å². The van der Waals surface area contributed by atoms with E-state index in [9.17, 15) is 18.4 Å². The molecule has 0 atom stereocenters. The summed E-state index contributed by atoms with van der Waals surface area (Å²) in [6.07, 6.45) is -0.212. The number of nitrogens with zero attached hydrogens (tertiary/aromatic N) is 1. The van der Waals surface area contributed by atoms with Crippen LogP contribution in [-0.4, -0.2) is 29.5 Å². The van der Waals surface area contributed by atoms with E-state index in [1.807, 2.05) is 32.0 Å². The summed E-state index contributed by atoms with van der Waals surface area (Å²) in [5.74, 6) is -0.958. The average molecular weight is 491 g/mol. The molecule has 0 unspecified atom stereocenters. The fourth-order valence-electron chi connectivity index (χ4n) is 3.51. The van der Waals surface area contributed by atoms with Gasteiger partial charge in [0.1, 0.15) is 17.4 Å². The number of benzene rings is 2. The normalized spacial score (nSPS) is 11.7. The van der Waals surface area contributed by atoms with E-state index in [1.165, 1.54) is 17.8 Å². The number of thioether (sulfide) groups is 1. The SMILES string of the molecule is CC(=O)C(C)(C)Sc1ccc(N(CC(C)C)CC(C)C)c(NC(=O)Cc2ccc(F)cc2F)c1. The smallest absolute Gasteiger partial charge is 0.228 e. The molecular weight excluding hydrogens is 454 g/mol. The molecule has 2 aromatic carbocycles. The lowest BCUT2D eigenvalue weighted by molar-refractivity contribution is -0.118. The molecule has 0 bridgehead atoms. The first-order chi connectivity index (χ1) is 15.8. The summed E-state index contributed by atoms with van der Waals surface area (Å²) in [5.41, 5.74) is 1.61. The summed E-state index contributed by atoms with van der Waals surface area (Å²) in [6.45, 7) is 15.5. The monoisotopic (exact) mass is 490 g/mol. The molecule has 0 spiro atoms. The van der Waals surface area contributed by atoms with Crippen molar-refractivity contribution in [1.82, 2.24) is 0 Å². The largest absolute Gasteiger partial charge is 0.369 e. The minimum atomic E-state index is -0.746. The maximum atomic E-state index is 14.1. The van der Waals surface area contributed by atoms with Gasteiger partial charge in [0.15, 0.2) is 0 Å². The molecule has 0 fully saturated rings. The Morgan fingerprint density at radius 1 is 1.00 bits per heavy atom. The van der Waals surface area contributed by atoms with Gasteiger partial charge in [-0.3, -0.25) is 9.59 Å². The lowest BCUT2D eigenvalue weighted by atomic mass is 10.1. The maximum Gasteiger partial charge on any atom is 0.228 e. The van der Waals surface area contributed by atoms with Crippen LogP contribution in [0.25, 0.3) is 0 Å². The summed E-state index contributed by atoms with van der Waals surface area (Å²) < 4.78 is 26.7. The van der Waals surface area contributed by atoms with E-state index >= 15 is 0 Å². The van der Waals surface area contributed by atoms with Crippen LogP contribution >= 0.6 is 11.8 Å². The van der Waals surface area contributed by atoms with Crippen LogP contribution in [-0.2, 0) is 16.0 Å². The van der Waals surface area contributed by atoms with Gasteiger partial charge in [-0.05, 0) is 62.4 Å². The number of carbonyl (C=O) groups is 2. The molecule has 0 saturated carbocycles. The summed E-state index contributed by atoms with van der Waals surface area (Å²) >= 11 is 1.43. The molecule has 186 valence electrons. The molecule has 0 heterocycles. The number of halogens is 2. The Labute approximate surface area is 206 Å². The van der Waals surface area contributed by atoms with Crippen molar-refractivity contribution >= 4 is 34.8 Å². The van der Waals surface area contributed by atoms with Crippen molar-refractivity contribution in [3.8, 4) is 0 Å². The van der Waals surface area contributed by atoms with Crippen LogP contribution in [0.4, 0.5) is 20.2 Å². The van der Waals surface area contributed by atoms with Gasteiger partial charge in [-0.15, -0.1) is 11.8 Å².